The van der Waals surface area contributed by atoms with Crippen LogP contribution in [0.15, 0.2) is 36.4 Å². The van der Waals surface area contributed by atoms with Crippen molar-refractivity contribution < 1.29 is 23.9 Å². The maximum Gasteiger partial charge on any atom is 0.264 e. The molecule has 1 aliphatic heterocycles. The van der Waals surface area contributed by atoms with Crippen molar-refractivity contribution in [3.8, 4) is 11.5 Å². The zero-order valence-electron chi connectivity index (χ0n) is 16.4. The fraction of sp³-hybridized carbons (Fsp3) is 0.286. The normalized spacial score (nSPS) is 13.8. The second kappa shape index (κ2) is 9.00. The average molecular weight is 414 g/mol. The summed E-state index contributed by atoms with van der Waals surface area (Å²) in [4.78, 5) is 38.5. The summed E-state index contributed by atoms with van der Waals surface area (Å²) in [7, 11) is 1.56. The highest BCUT2D eigenvalue weighted by Gasteiger charge is 2.42. The minimum atomic E-state index is -0.494. The average Bonchev–Trinajstić information content (AvgIpc) is 2.98. The van der Waals surface area contributed by atoms with E-state index < -0.39 is 11.9 Å². The summed E-state index contributed by atoms with van der Waals surface area (Å²) in [5, 5.41) is 2.51. The summed E-state index contributed by atoms with van der Waals surface area (Å²) < 4.78 is 11.0. The number of carbonyl (C=O) groups excluding carboxylic acids is 3. The topological polar surface area (TPSA) is 84.9 Å². The van der Waals surface area contributed by atoms with Gasteiger partial charge < -0.3 is 14.8 Å². The second-order valence-electron chi connectivity index (χ2n) is 6.29. The van der Waals surface area contributed by atoms with Crippen molar-refractivity contribution in [1.29, 1.82) is 0 Å². The fourth-order valence-corrected chi connectivity index (χ4v) is 4.07. The lowest BCUT2D eigenvalue weighted by atomic mass is 10.1. The standard InChI is InChI=1S/C21H22N2O5S/c1-4-28-18-10-13(8-9-17(18)27-2)16(11-29-3)23-20(25)14-6-5-7-15(22-12-24)19(14)21(23)26/h5-10,12,16H,4,11H2,1-3H3,(H,22,24). The number of hydrogen-bond donors (Lipinski definition) is 1. The molecule has 1 heterocycles. The summed E-state index contributed by atoms with van der Waals surface area (Å²) in [6.07, 6.45) is 2.41. The number of fused-ring (bicyclic) bond motifs is 1. The first-order valence-corrected chi connectivity index (χ1v) is 10.5. The van der Waals surface area contributed by atoms with Crippen molar-refractivity contribution >= 4 is 35.7 Å². The molecule has 2 aromatic rings. The molecule has 1 atom stereocenters. The number of benzene rings is 2. The van der Waals surface area contributed by atoms with Gasteiger partial charge in [0.25, 0.3) is 11.8 Å². The minimum Gasteiger partial charge on any atom is -0.493 e. The largest absolute Gasteiger partial charge is 0.493 e. The van der Waals surface area contributed by atoms with E-state index in [1.807, 2.05) is 19.2 Å². The third-order valence-electron chi connectivity index (χ3n) is 4.67. The SMILES string of the molecule is CCOc1cc(C(CSC)N2C(=O)c3cccc(NC=O)c3C2=O)ccc1OC. The van der Waals surface area contributed by atoms with Crippen molar-refractivity contribution in [2.45, 2.75) is 13.0 Å². The van der Waals surface area contributed by atoms with E-state index in [1.54, 1.807) is 37.4 Å². The van der Waals surface area contributed by atoms with Crippen LogP contribution in [0.5, 0.6) is 11.5 Å². The Hall–Kier alpha value is -3.00. The van der Waals surface area contributed by atoms with Gasteiger partial charge in [-0.3, -0.25) is 19.3 Å². The number of ether oxygens (including phenoxy) is 2. The van der Waals surface area contributed by atoms with Gasteiger partial charge in [-0.15, -0.1) is 0 Å². The van der Waals surface area contributed by atoms with Crippen molar-refractivity contribution in [1.82, 2.24) is 4.90 Å². The first-order valence-electron chi connectivity index (χ1n) is 9.08. The number of amides is 3. The van der Waals surface area contributed by atoms with Crippen LogP contribution in [0.4, 0.5) is 5.69 Å². The molecule has 1 N–H and O–H groups in total. The van der Waals surface area contributed by atoms with Crippen LogP contribution in [0.1, 0.15) is 39.2 Å². The summed E-state index contributed by atoms with van der Waals surface area (Å²) in [5.74, 6) is 0.840. The van der Waals surface area contributed by atoms with Crippen LogP contribution >= 0.6 is 11.8 Å². The number of anilines is 1. The lowest BCUT2D eigenvalue weighted by Gasteiger charge is -2.27. The maximum absolute atomic E-state index is 13.2. The third kappa shape index (κ3) is 3.80. The van der Waals surface area contributed by atoms with E-state index in [4.69, 9.17) is 9.47 Å². The van der Waals surface area contributed by atoms with Crippen molar-refractivity contribution in [3.05, 3.63) is 53.1 Å². The molecule has 0 aliphatic carbocycles. The molecule has 3 rings (SSSR count). The zero-order valence-corrected chi connectivity index (χ0v) is 17.2. The summed E-state index contributed by atoms with van der Waals surface area (Å²) in [5.41, 5.74) is 1.59. The van der Waals surface area contributed by atoms with E-state index >= 15 is 0 Å². The summed E-state index contributed by atoms with van der Waals surface area (Å²) in [6.45, 7) is 2.33. The molecular weight excluding hydrogens is 392 g/mol. The van der Waals surface area contributed by atoms with Gasteiger partial charge in [0.15, 0.2) is 11.5 Å². The Bertz CT molecular complexity index is 947. The molecule has 0 fully saturated rings. The van der Waals surface area contributed by atoms with Crippen LogP contribution in [-0.4, -0.2) is 48.8 Å². The van der Waals surface area contributed by atoms with Gasteiger partial charge in [-0.05, 0) is 43.0 Å². The highest BCUT2D eigenvalue weighted by molar-refractivity contribution is 7.98. The lowest BCUT2D eigenvalue weighted by Crippen LogP contribution is -2.35. The Morgan fingerprint density at radius 1 is 1.17 bits per heavy atom. The number of nitrogens with one attached hydrogen (secondary N) is 1. The minimum absolute atomic E-state index is 0.217. The van der Waals surface area contributed by atoms with Crippen molar-refractivity contribution in [3.63, 3.8) is 0 Å². The van der Waals surface area contributed by atoms with Crippen molar-refractivity contribution in [2.75, 3.05) is 31.0 Å². The molecule has 3 amide bonds. The van der Waals surface area contributed by atoms with Gasteiger partial charge in [0.05, 0.1) is 36.6 Å². The highest BCUT2D eigenvalue weighted by Crippen LogP contribution is 2.38. The third-order valence-corrected chi connectivity index (χ3v) is 5.32. The number of hydrogen-bond acceptors (Lipinski definition) is 6. The Labute approximate surface area is 173 Å². The number of imide groups is 1. The molecule has 0 radical (unpaired) electrons. The Kier molecular flexibility index (Phi) is 6.43. The molecule has 7 nitrogen and oxygen atoms in total. The van der Waals surface area contributed by atoms with Gasteiger partial charge in [0, 0.05) is 5.75 Å². The van der Waals surface area contributed by atoms with E-state index in [0.29, 0.717) is 36.0 Å². The van der Waals surface area contributed by atoms with Crippen LogP contribution in [0.2, 0.25) is 0 Å². The monoisotopic (exact) mass is 414 g/mol. The van der Waals surface area contributed by atoms with E-state index in [1.165, 1.54) is 16.7 Å². The number of rotatable bonds is 9. The van der Waals surface area contributed by atoms with Crippen LogP contribution in [0, 0.1) is 0 Å². The molecule has 152 valence electrons. The molecule has 1 unspecified atom stereocenters. The van der Waals surface area contributed by atoms with E-state index in [0.717, 1.165) is 5.56 Å². The maximum atomic E-state index is 13.2. The van der Waals surface area contributed by atoms with Gasteiger partial charge in [0.2, 0.25) is 6.41 Å². The molecule has 8 heteroatoms. The van der Waals surface area contributed by atoms with E-state index in [9.17, 15) is 14.4 Å². The predicted octanol–water partition coefficient (Wildman–Crippen LogP) is 3.36. The Balaban J connectivity index is 2.05. The zero-order chi connectivity index (χ0) is 21.0. The molecule has 0 saturated heterocycles. The van der Waals surface area contributed by atoms with Gasteiger partial charge in [-0.1, -0.05) is 12.1 Å². The second-order valence-corrected chi connectivity index (χ2v) is 7.20. The van der Waals surface area contributed by atoms with Crippen molar-refractivity contribution in [2.24, 2.45) is 0 Å². The number of nitrogens with zero attached hydrogens (tertiary/aromatic N) is 1. The predicted molar refractivity (Wildman–Crippen MR) is 112 cm³/mol. The van der Waals surface area contributed by atoms with Crippen LogP contribution in [-0.2, 0) is 4.79 Å². The van der Waals surface area contributed by atoms with E-state index in [-0.39, 0.29) is 17.0 Å². The van der Waals surface area contributed by atoms with Crippen LogP contribution in [0.3, 0.4) is 0 Å². The fourth-order valence-electron chi connectivity index (χ4n) is 3.42. The van der Waals surface area contributed by atoms with Gasteiger partial charge in [-0.2, -0.15) is 11.8 Å². The first kappa shape index (κ1) is 20.7. The lowest BCUT2D eigenvalue weighted by molar-refractivity contribution is -0.105. The molecule has 1 aliphatic rings. The Morgan fingerprint density at radius 2 is 1.97 bits per heavy atom. The summed E-state index contributed by atoms with van der Waals surface area (Å²) in [6, 6.07) is 9.75. The number of methoxy groups -OCH3 is 1. The van der Waals surface area contributed by atoms with Crippen LogP contribution < -0.4 is 14.8 Å². The molecule has 2 aromatic carbocycles. The van der Waals surface area contributed by atoms with E-state index in [2.05, 4.69) is 5.32 Å². The van der Waals surface area contributed by atoms with Crippen LogP contribution in [0.25, 0.3) is 0 Å². The molecule has 29 heavy (non-hydrogen) atoms. The molecule has 0 aromatic heterocycles. The smallest absolute Gasteiger partial charge is 0.264 e. The molecule has 0 bridgehead atoms. The molecule has 0 spiro atoms. The summed E-state index contributed by atoms with van der Waals surface area (Å²) >= 11 is 1.53. The quantitative estimate of drug-likeness (QED) is 0.500. The van der Waals surface area contributed by atoms with Gasteiger partial charge in [0.1, 0.15) is 0 Å². The highest BCUT2D eigenvalue weighted by atomic mass is 32.2. The van der Waals surface area contributed by atoms with Gasteiger partial charge in [-0.25, -0.2) is 0 Å². The molecule has 0 saturated carbocycles. The Morgan fingerprint density at radius 3 is 2.62 bits per heavy atom. The number of carbonyl (C=O) groups is 3. The molecular formula is C21H22N2O5S. The first-order chi connectivity index (χ1) is 14.1. The number of thioether (sulfide) groups is 1. The van der Waals surface area contributed by atoms with Gasteiger partial charge >= 0.3 is 0 Å².